The van der Waals surface area contributed by atoms with Gasteiger partial charge in [0.25, 0.3) is 0 Å². The van der Waals surface area contributed by atoms with Crippen molar-refractivity contribution in [1.82, 2.24) is 20.9 Å². The van der Waals surface area contributed by atoms with Crippen LogP contribution in [0.1, 0.15) is 67.2 Å². The minimum absolute atomic E-state index is 0.0825. The van der Waals surface area contributed by atoms with Crippen molar-refractivity contribution < 1.29 is 37.1 Å². The van der Waals surface area contributed by atoms with Crippen molar-refractivity contribution in [3.8, 4) is 6.07 Å². The third kappa shape index (κ3) is 5.92. The Morgan fingerprint density at radius 2 is 1.82 bits per heavy atom. The maximum atomic E-state index is 13.7. The van der Waals surface area contributed by atoms with Gasteiger partial charge in [0, 0.05) is 18.0 Å². The number of rotatable bonds is 8. The molecule has 222 valence electrons. The van der Waals surface area contributed by atoms with Crippen molar-refractivity contribution in [3.05, 3.63) is 0 Å². The van der Waals surface area contributed by atoms with Crippen LogP contribution in [-0.2, 0) is 23.9 Å². The molecule has 2 aliphatic carbocycles. The monoisotopic (exact) mass is 569 g/mol. The van der Waals surface area contributed by atoms with E-state index in [4.69, 9.17) is 4.74 Å². The second-order valence-electron chi connectivity index (χ2n) is 13.4. The van der Waals surface area contributed by atoms with E-state index in [2.05, 4.69) is 10.6 Å². The fourth-order valence-electron chi connectivity index (χ4n) is 6.56. The lowest BCUT2D eigenvalue weighted by atomic mass is 9.95. The van der Waals surface area contributed by atoms with Gasteiger partial charge in [-0.2, -0.15) is 18.4 Å². The molecule has 0 aromatic heterocycles. The predicted molar refractivity (Wildman–Crippen MR) is 135 cm³/mol. The minimum atomic E-state index is -5.22. The summed E-state index contributed by atoms with van der Waals surface area (Å²) in [7, 11) is 0. The molecule has 2 heterocycles. The molecule has 0 aromatic carbocycles. The van der Waals surface area contributed by atoms with E-state index in [-0.39, 0.29) is 41.7 Å². The Bertz CT molecular complexity index is 1120. The maximum absolute atomic E-state index is 13.7. The van der Waals surface area contributed by atoms with E-state index in [0.29, 0.717) is 6.42 Å². The van der Waals surface area contributed by atoms with Gasteiger partial charge in [-0.3, -0.25) is 19.2 Å². The van der Waals surface area contributed by atoms with Crippen molar-refractivity contribution in [1.29, 1.82) is 5.26 Å². The quantitative estimate of drug-likeness (QED) is 0.407. The van der Waals surface area contributed by atoms with Crippen LogP contribution >= 0.6 is 0 Å². The molecule has 0 bridgehead atoms. The van der Waals surface area contributed by atoms with Crippen molar-refractivity contribution in [2.45, 2.75) is 109 Å². The fourth-order valence-corrected chi connectivity index (χ4v) is 6.56. The first-order chi connectivity index (χ1) is 18.3. The third-order valence-electron chi connectivity index (χ3n) is 8.82. The molecular formula is C27H38F3N5O5. The van der Waals surface area contributed by atoms with E-state index >= 15 is 0 Å². The molecule has 4 fully saturated rings. The molecule has 0 radical (unpaired) electrons. The first-order valence-electron chi connectivity index (χ1n) is 13.7. The van der Waals surface area contributed by atoms with Crippen LogP contribution in [0.15, 0.2) is 0 Å². The highest BCUT2D eigenvalue weighted by molar-refractivity contribution is 5.95. The van der Waals surface area contributed by atoms with E-state index in [9.17, 15) is 37.6 Å². The normalized spacial score (nSPS) is 30.0. The highest BCUT2D eigenvalue weighted by Gasteiger charge is 2.70. The number of nitrogens with zero attached hydrogens (tertiary/aromatic N) is 2. The lowest BCUT2D eigenvalue weighted by Gasteiger charge is -2.36. The van der Waals surface area contributed by atoms with Gasteiger partial charge in [0.1, 0.15) is 18.1 Å². The fraction of sp³-hybridized carbons (Fsp3) is 0.815. The summed E-state index contributed by atoms with van der Waals surface area (Å²) in [4.78, 5) is 52.8. The molecule has 0 aromatic rings. The zero-order chi connectivity index (χ0) is 30.0. The Balaban J connectivity index is 1.53. The number of ether oxygens (including phenoxy) is 1. The number of halogens is 3. The molecule has 2 saturated carbocycles. The molecular weight excluding hydrogens is 531 g/mol. The molecule has 1 spiro atoms. The average molecular weight is 570 g/mol. The van der Waals surface area contributed by atoms with E-state index < -0.39 is 59.6 Å². The molecule has 0 unspecified atom stereocenters. The maximum Gasteiger partial charge on any atom is 0.471 e. The Morgan fingerprint density at radius 1 is 1.20 bits per heavy atom. The highest BCUT2D eigenvalue weighted by Crippen LogP contribution is 2.65. The number of hydrogen-bond donors (Lipinski definition) is 3. The average Bonchev–Trinajstić information content (AvgIpc) is 3.53. The third-order valence-corrected chi connectivity index (χ3v) is 8.82. The lowest BCUT2D eigenvalue weighted by Crippen LogP contribution is -2.61. The van der Waals surface area contributed by atoms with Gasteiger partial charge >= 0.3 is 12.1 Å². The number of nitrogens with one attached hydrogen (secondary N) is 3. The smallest absolute Gasteiger partial charge is 0.370 e. The number of alkyl halides is 3. The number of nitriles is 1. The van der Waals surface area contributed by atoms with Crippen LogP contribution in [0.25, 0.3) is 0 Å². The molecule has 40 heavy (non-hydrogen) atoms. The summed E-state index contributed by atoms with van der Waals surface area (Å²) in [6.45, 7) is 10.4. The Hall–Kier alpha value is -2.88. The Morgan fingerprint density at radius 3 is 2.33 bits per heavy atom. The number of likely N-dealkylation sites (tertiary alicyclic amines) is 1. The van der Waals surface area contributed by atoms with Crippen LogP contribution in [0, 0.1) is 34.5 Å². The number of amides is 4. The lowest BCUT2D eigenvalue weighted by molar-refractivity contribution is -0.177. The Kier molecular flexibility index (Phi) is 7.44. The van der Waals surface area contributed by atoms with Crippen LogP contribution in [-0.4, -0.2) is 76.6 Å². The van der Waals surface area contributed by atoms with Crippen molar-refractivity contribution in [3.63, 3.8) is 0 Å². The van der Waals surface area contributed by atoms with Crippen molar-refractivity contribution in [2.75, 3.05) is 6.54 Å². The van der Waals surface area contributed by atoms with Gasteiger partial charge < -0.3 is 25.6 Å². The summed E-state index contributed by atoms with van der Waals surface area (Å²) < 4.78 is 45.2. The van der Waals surface area contributed by atoms with Gasteiger partial charge in [-0.1, -0.05) is 13.8 Å². The van der Waals surface area contributed by atoms with Crippen LogP contribution < -0.4 is 16.0 Å². The van der Waals surface area contributed by atoms with Crippen molar-refractivity contribution >= 4 is 23.6 Å². The van der Waals surface area contributed by atoms with Crippen LogP contribution in [0.3, 0.4) is 0 Å². The van der Waals surface area contributed by atoms with E-state index in [1.54, 1.807) is 26.1 Å². The summed E-state index contributed by atoms with van der Waals surface area (Å²) in [5, 5.41) is 17.2. The van der Waals surface area contributed by atoms with Gasteiger partial charge in [-0.25, -0.2) is 0 Å². The van der Waals surface area contributed by atoms with Crippen LogP contribution in [0.5, 0.6) is 0 Å². The summed E-state index contributed by atoms with van der Waals surface area (Å²) >= 11 is 0. The molecule has 2 aliphatic heterocycles. The molecule has 2 saturated heterocycles. The first kappa shape index (κ1) is 30.1. The topological polar surface area (TPSA) is 141 Å². The zero-order valence-electron chi connectivity index (χ0n) is 23.6. The van der Waals surface area contributed by atoms with Crippen molar-refractivity contribution in [2.24, 2.45) is 23.2 Å². The van der Waals surface area contributed by atoms with Gasteiger partial charge in [0.15, 0.2) is 0 Å². The molecule has 4 rings (SSSR count). The molecule has 3 N–H and O–H groups in total. The van der Waals surface area contributed by atoms with Gasteiger partial charge in [-0.15, -0.1) is 0 Å². The van der Waals surface area contributed by atoms with Crippen LogP contribution in [0.2, 0.25) is 0 Å². The second-order valence-corrected chi connectivity index (χ2v) is 13.4. The number of carbonyl (C=O) groups excluding carboxylic acids is 4. The minimum Gasteiger partial charge on any atom is -0.370 e. The highest BCUT2D eigenvalue weighted by atomic mass is 19.4. The number of hydrogen-bond acceptors (Lipinski definition) is 6. The number of fused-ring (bicyclic) bond motifs is 1. The number of piperidine rings is 1. The van der Waals surface area contributed by atoms with Crippen LogP contribution in [0.4, 0.5) is 13.2 Å². The Labute approximate surface area is 231 Å². The summed E-state index contributed by atoms with van der Waals surface area (Å²) in [5.74, 6) is -4.69. The largest absolute Gasteiger partial charge is 0.471 e. The zero-order valence-corrected chi connectivity index (χ0v) is 23.6. The standard InChI is InChI=1S/C27H38F3N5O5/c1-13(40-24(2,3)4)18(33-23(39)27(28,29)30)22(38)35-12-16-17(25(16,5)6)19(35)21(37)32-15(11-31)9-14-10-26(7-8-26)34-20(14)36/h13-19H,7-10,12H2,1-6H3,(H,32,37)(H,33,39)(H,34,36)/t13-,14+,15-,16-,17-,18-,19-/m0/s1. The molecule has 13 heteroatoms. The molecule has 4 amide bonds. The predicted octanol–water partition coefficient (Wildman–Crippen LogP) is 1.79. The summed E-state index contributed by atoms with van der Waals surface area (Å²) in [6.07, 6.45) is -3.88. The van der Waals surface area contributed by atoms with E-state index in [1.807, 2.05) is 19.9 Å². The SMILES string of the molecule is C[C@H](OC(C)(C)C)[C@H](NC(=O)C(F)(F)F)C(=O)N1C[C@H]2[C@@H]([C@H]1C(=O)N[C@H](C#N)C[C@@H]1CC3(CC3)NC1=O)C2(C)C. The summed E-state index contributed by atoms with van der Waals surface area (Å²) in [6, 6.07) is -1.70. The molecule has 10 nitrogen and oxygen atoms in total. The molecule has 4 aliphatic rings. The number of carbonyl (C=O) groups is 4. The second kappa shape index (κ2) is 9.89. The van der Waals surface area contributed by atoms with E-state index in [1.165, 1.54) is 11.8 Å². The van der Waals surface area contributed by atoms with Gasteiger partial charge in [0.05, 0.1) is 17.8 Å². The van der Waals surface area contributed by atoms with E-state index in [0.717, 1.165) is 12.8 Å². The summed E-state index contributed by atoms with van der Waals surface area (Å²) in [5.41, 5.74) is -1.32. The first-order valence-corrected chi connectivity index (χ1v) is 13.7. The van der Waals surface area contributed by atoms with Gasteiger partial charge in [0.2, 0.25) is 17.7 Å². The van der Waals surface area contributed by atoms with Gasteiger partial charge in [-0.05, 0) is 70.6 Å². The molecule has 7 atom stereocenters.